The lowest BCUT2D eigenvalue weighted by molar-refractivity contribution is 0.242. The van der Waals surface area contributed by atoms with Gasteiger partial charge in [-0.25, -0.2) is 9.18 Å². The van der Waals surface area contributed by atoms with Gasteiger partial charge in [0.15, 0.2) is 11.6 Å². The molecule has 0 aliphatic carbocycles. The van der Waals surface area contributed by atoms with Gasteiger partial charge < -0.3 is 15.4 Å². The number of H-pyrrole nitrogens is 1. The standard InChI is InChI=1S/C18H20FN5O3/c1-9-8-27-16-14-11(17(25)22-18(26)24(9)14)6-12(19)15(16)23-5-3-10(7-23)13(21)2-4-20/h6,9-10,13H,2-3,5,7-8,21H2,1H3,(H,22,25,26)/t9-,10?,13?/m0/s1. The number of nitrogens with two attached hydrogens (primary N) is 1. The number of nitrogens with zero attached hydrogens (tertiary/aromatic N) is 3. The number of benzene rings is 1. The van der Waals surface area contributed by atoms with Crippen LogP contribution >= 0.6 is 0 Å². The van der Waals surface area contributed by atoms with Gasteiger partial charge in [-0.3, -0.25) is 14.3 Å². The third kappa shape index (κ3) is 2.68. The lowest BCUT2D eigenvalue weighted by Gasteiger charge is -2.30. The van der Waals surface area contributed by atoms with Crippen LogP contribution < -0.4 is 26.6 Å². The third-order valence-electron chi connectivity index (χ3n) is 5.49. The summed E-state index contributed by atoms with van der Waals surface area (Å²) in [4.78, 5) is 28.6. The summed E-state index contributed by atoms with van der Waals surface area (Å²) >= 11 is 0. The van der Waals surface area contributed by atoms with Crippen LogP contribution in [0, 0.1) is 23.1 Å². The molecule has 9 heteroatoms. The second kappa shape index (κ2) is 6.39. The first-order chi connectivity index (χ1) is 12.9. The highest BCUT2D eigenvalue weighted by Gasteiger charge is 2.34. The van der Waals surface area contributed by atoms with Crippen LogP contribution in [0.15, 0.2) is 15.7 Å². The molecule has 8 nitrogen and oxygen atoms in total. The Kier molecular flexibility index (Phi) is 4.15. The quantitative estimate of drug-likeness (QED) is 0.824. The maximum Gasteiger partial charge on any atom is 0.329 e. The maximum atomic E-state index is 15.0. The largest absolute Gasteiger partial charge is 0.487 e. The van der Waals surface area contributed by atoms with Crippen molar-refractivity contribution in [2.75, 3.05) is 24.6 Å². The first-order valence-corrected chi connectivity index (χ1v) is 8.93. The zero-order chi connectivity index (χ0) is 19.3. The minimum Gasteiger partial charge on any atom is -0.487 e. The average molecular weight is 373 g/mol. The number of rotatable bonds is 3. The van der Waals surface area contributed by atoms with Crippen LogP contribution in [0.4, 0.5) is 10.1 Å². The van der Waals surface area contributed by atoms with E-state index in [-0.39, 0.29) is 47.9 Å². The molecular formula is C18H20FN5O3. The zero-order valence-electron chi connectivity index (χ0n) is 14.9. The van der Waals surface area contributed by atoms with Crippen LogP contribution in [0.5, 0.6) is 5.75 Å². The SMILES string of the molecule is C[C@H]1COc2c(N3CCC(C(N)CC#N)C3)c(F)cc3c(=O)[nH]c(=O)n1c23. The number of hydrogen-bond donors (Lipinski definition) is 2. The molecule has 0 spiro atoms. The van der Waals surface area contributed by atoms with Gasteiger partial charge in [-0.1, -0.05) is 0 Å². The topological polar surface area (TPSA) is 117 Å². The molecule has 2 aliphatic heterocycles. The van der Waals surface area contributed by atoms with Crippen molar-refractivity contribution in [1.29, 1.82) is 5.26 Å². The molecule has 4 rings (SSSR count). The van der Waals surface area contributed by atoms with E-state index >= 15 is 0 Å². The Labute approximate surface area is 153 Å². The van der Waals surface area contributed by atoms with Crippen LogP contribution in [0.25, 0.3) is 10.9 Å². The van der Waals surface area contributed by atoms with Crippen LogP contribution in [0.1, 0.15) is 25.8 Å². The molecule has 2 aromatic rings. The molecule has 1 aromatic heterocycles. The molecule has 142 valence electrons. The van der Waals surface area contributed by atoms with Crippen LogP contribution in [0.3, 0.4) is 0 Å². The molecule has 3 atom stereocenters. The normalized spacial score (nSPS) is 22.5. The van der Waals surface area contributed by atoms with E-state index in [1.54, 1.807) is 6.92 Å². The first-order valence-electron chi connectivity index (χ1n) is 8.93. The molecule has 3 N–H and O–H groups in total. The van der Waals surface area contributed by atoms with Gasteiger partial charge >= 0.3 is 5.69 Å². The van der Waals surface area contributed by atoms with Gasteiger partial charge in [-0.2, -0.15) is 5.26 Å². The fourth-order valence-electron chi connectivity index (χ4n) is 4.09. The number of ether oxygens (including phenoxy) is 1. The van der Waals surface area contributed by atoms with Gasteiger partial charge in [-0.15, -0.1) is 0 Å². The van der Waals surface area contributed by atoms with E-state index < -0.39 is 17.1 Å². The Bertz CT molecular complexity index is 1070. The number of nitriles is 1. The van der Waals surface area contributed by atoms with E-state index in [9.17, 15) is 14.0 Å². The Balaban J connectivity index is 1.87. The van der Waals surface area contributed by atoms with Crippen molar-refractivity contribution in [2.24, 2.45) is 11.7 Å². The summed E-state index contributed by atoms with van der Waals surface area (Å²) < 4.78 is 22.2. The molecular weight excluding hydrogens is 353 g/mol. The minimum atomic E-state index is -0.633. The predicted molar refractivity (Wildman–Crippen MR) is 97.5 cm³/mol. The molecule has 0 amide bonds. The molecule has 2 aliphatic rings. The highest BCUT2D eigenvalue weighted by Crippen LogP contribution is 2.42. The van der Waals surface area contributed by atoms with Crippen molar-refractivity contribution in [3.8, 4) is 11.8 Å². The number of aromatic amines is 1. The molecule has 0 saturated carbocycles. The van der Waals surface area contributed by atoms with Gasteiger partial charge in [0, 0.05) is 19.1 Å². The van der Waals surface area contributed by atoms with Crippen molar-refractivity contribution in [3.05, 3.63) is 32.7 Å². The molecule has 3 heterocycles. The molecule has 27 heavy (non-hydrogen) atoms. The lowest BCUT2D eigenvalue weighted by Crippen LogP contribution is -2.37. The first kappa shape index (κ1) is 17.5. The third-order valence-corrected chi connectivity index (χ3v) is 5.49. The highest BCUT2D eigenvalue weighted by molar-refractivity contribution is 5.91. The Morgan fingerprint density at radius 3 is 3.04 bits per heavy atom. The van der Waals surface area contributed by atoms with E-state index in [1.165, 1.54) is 4.57 Å². The summed E-state index contributed by atoms with van der Waals surface area (Å²) in [7, 11) is 0. The average Bonchev–Trinajstić information content (AvgIpc) is 3.10. The Morgan fingerprint density at radius 2 is 2.30 bits per heavy atom. The monoisotopic (exact) mass is 373 g/mol. The summed E-state index contributed by atoms with van der Waals surface area (Å²) in [6.07, 6.45) is 0.979. The van der Waals surface area contributed by atoms with Gasteiger partial charge in [-0.05, 0) is 25.3 Å². The molecule has 0 radical (unpaired) electrons. The molecule has 1 aromatic carbocycles. The molecule has 0 bridgehead atoms. The summed E-state index contributed by atoms with van der Waals surface area (Å²) in [6, 6.07) is 2.68. The van der Waals surface area contributed by atoms with Gasteiger partial charge in [0.25, 0.3) is 5.56 Å². The second-order valence-corrected chi connectivity index (χ2v) is 7.24. The van der Waals surface area contributed by atoms with Crippen molar-refractivity contribution in [1.82, 2.24) is 9.55 Å². The fourth-order valence-corrected chi connectivity index (χ4v) is 4.09. The van der Waals surface area contributed by atoms with Crippen LogP contribution in [0.2, 0.25) is 0 Å². The van der Waals surface area contributed by atoms with Crippen LogP contribution in [-0.2, 0) is 0 Å². The number of halogens is 1. The highest BCUT2D eigenvalue weighted by atomic mass is 19.1. The summed E-state index contributed by atoms with van der Waals surface area (Å²) in [5.41, 5.74) is 5.47. The second-order valence-electron chi connectivity index (χ2n) is 7.24. The van der Waals surface area contributed by atoms with Gasteiger partial charge in [0.1, 0.15) is 17.8 Å². The summed E-state index contributed by atoms with van der Waals surface area (Å²) in [5.74, 6) is -0.283. The Morgan fingerprint density at radius 1 is 1.52 bits per heavy atom. The number of hydrogen-bond acceptors (Lipinski definition) is 6. The van der Waals surface area contributed by atoms with Gasteiger partial charge in [0.05, 0.1) is 23.9 Å². The molecule has 2 unspecified atom stereocenters. The number of anilines is 1. The maximum absolute atomic E-state index is 15.0. The predicted octanol–water partition coefficient (Wildman–Crippen LogP) is 0.850. The fraction of sp³-hybridized carbons (Fsp3) is 0.500. The molecule has 1 saturated heterocycles. The molecule has 1 fully saturated rings. The minimum absolute atomic E-state index is 0.0656. The van der Waals surface area contributed by atoms with E-state index in [1.807, 2.05) is 4.90 Å². The summed E-state index contributed by atoms with van der Waals surface area (Å²) in [5, 5.41) is 8.94. The van der Waals surface area contributed by atoms with E-state index in [0.717, 1.165) is 12.5 Å². The van der Waals surface area contributed by atoms with E-state index in [4.69, 9.17) is 15.7 Å². The number of aromatic nitrogens is 2. The Hall–Kier alpha value is -2.86. The van der Waals surface area contributed by atoms with Crippen LogP contribution in [-0.4, -0.2) is 35.3 Å². The van der Waals surface area contributed by atoms with Crippen molar-refractivity contribution in [2.45, 2.75) is 31.8 Å². The lowest BCUT2D eigenvalue weighted by atomic mass is 9.98. The van der Waals surface area contributed by atoms with Crippen molar-refractivity contribution in [3.63, 3.8) is 0 Å². The van der Waals surface area contributed by atoms with E-state index in [0.29, 0.717) is 18.6 Å². The smallest absolute Gasteiger partial charge is 0.329 e. The zero-order valence-corrected chi connectivity index (χ0v) is 14.9. The number of nitrogens with one attached hydrogen (secondary N) is 1. The van der Waals surface area contributed by atoms with E-state index in [2.05, 4.69) is 11.1 Å². The van der Waals surface area contributed by atoms with Crippen molar-refractivity contribution < 1.29 is 9.13 Å². The van der Waals surface area contributed by atoms with Crippen molar-refractivity contribution >= 4 is 16.6 Å². The summed E-state index contributed by atoms with van der Waals surface area (Å²) in [6.45, 7) is 3.06. The van der Waals surface area contributed by atoms with Gasteiger partial charge in [0.2, 0.25) is 0 Å².